The second-order valence-electron chi connectivity index (χ2n) is 8.73. The molecule has 1 unspecified atom stereocenters. The summed E-state index contributed by atoms with van der Waals surface area (Å²) in [7, 11) is -3.83. The van der Waals surface area contributed by atoms with Gasteiger partial charge in [-0.1, -0.05) is 23.7 Å². The molecule has 2 heterocycles. The molecule has 2 aromatic rings. The highest BCUT2D eigenvalue weighted by Gasteiger charge is 2.33. The summed E-state index contributed by atoms with van der Waals surface area (Å²) in [6.45, 7) is 0.253. The van der Waals surface area contributed by atoms with Crippen LogP contribution in [0.15, 0.2) is 40.8 Å². The standard InChI is InChI=1S/C23H30ClN7O5S2/c24-16-7-5-15(6-8-16)14-38(35,36)30-18-4-2-11-31(22(18)34)13-19(32)29-17(3-1-9-28-23(25)26)20(33)21-27-10-12-37-21/h5-8,10,12,17-18,30H,1-4,9,11,13-14H2,(H,29,32)(H4,25,26,28)/t17-,18?/m0/s1. The number of nitrogens with one attached hydrogen (secondary N) is 2. The van der Waals surface area contributed by atoms with E-state index in [2.05, 4.69) is 20.0 Å². The minimum Gasteiger partial charge on any atom is -0.370 e. The number of sulfonamides is 1. The molecule has 1 fully saturated rings. The van der Waals surface area contributed by atoms with Gasteiger partial charge in [-0.25, -0.2) is 18.1 Å². The van der Waals surface area contributed by atoms with Crippen molar-refractivity contribution in [3.05, 3.63) is 51.4 Å². The molecular formula is C23H30ClN7O5S2. The fraction of sp³-hybridized carbons (Fsp3) is 0.435. The maximum absolute atomic E-state index is 13.0. The van der Waals surface area contributed by atoms with Crippen LogP contribution in [0.25, 0.3) is 0 Å². The van der Waals surface area contributed by atoms with E-state index in [4.69, 9.17) is 23.1 Å². The molecule has 2 amide bonds. The van der Waals surface area contributed by atoms with E-state index in [1.807, 2.05) is 0 Å². The van der Waals surface area contributed by atoms with Crippen molar-refractivity contribution in [1.82, 2.24) is 19.9 Å². The molecule has 0 radical (unpaired) electrons. The molecule has 206 valence electrons. The van der Waals surface area contributed by atoms with Crippen LogP contribution in [0, 0.1) is 0 Å². The van der Waals surface area contributed by atoms with Crippen molar-refractivity contribution >= 4 is 56.5 Å². The number of amides is 2. The third-order valence-electron chi connectivity index (χ3n) is 5.70. The highest BCUT2D eigenvalue weighted by molar-refractivity contribution is 7.88. The predicted molar refractivity (Wildman–Crippen MR) is 145 cm³/mol. The summed E-state index contributed by atoms with van der Waals surface area (Å²) in [6, 6.07) is 4.51. The van der Waals surface area contributed by atoms with Crippen LogP contribution in [-0.2, 0) is 25.4 Å². The van der Waals surface area contributed by atoms with Gasteiger partial charge in [0.25, 0.3) is 0 Å². The van der Waals surface area contributed by atoms with Crippen molar-refractivity contribution < 1.29 is 22.8 Å². The Morgan fingerprint density at radius 2 is 2.00 bits per heavy atom. The minimum atomic E-state index is -3.83. The summed E-state index contributed by atoms with van der Waals surface area (Å²) < 4.78 is 27.8. The van der Waals surface area contributed by atoms with Gasteiger partial charge in [-0.15, -0.1) is 11.3 Å². The smallest absolute Gasteiger partial charge is 0.241 e. The van der Waals surface area contributed by atoms with Gasteiger partial charge >= 0.3 is 0 Å². The fourth-order valence-corrected chi connectivity index (χ4v) is 6.07. The average Bonchev–Trinajstić information content (AvgIpc) is 3.39. The zero-order chi connectivity index (χ0) is 27.7. The lowest BCUT2D eigenvalue weighted by Crippen LogP contribution is -2.55. The van der Waals surface area contributed by atoms with E-state index in [1.54, 1.807) is 29.6 Å². The van der Waals surface area contributed by atoms with Gasteiger partial charge in [0.1, 0.15) is 6.04 Å². The lowest BCUT2D eigenvalue weighted by Gasteiger charge is -2.32. The molecule has 0 bridgehead atoms. The van der Waals surface area contributed by atoms with E-state index in [0.717, 1.165) is 11.3 Å². The predicted octanol–water partition coefficient (Wildman–Crippen LogP) is 0.628. The van der Waals surface area contributed by atoms with Gasteiger partial charge in [0.15, 0.2) is 11.0 Å². The number of halogens is 1. The van der Waals surface area contributed by atoms with Gasteiger partial charge in [0.05, 0.1) is 18.3 Å². The number of ketones is 1. The molecule has 15 heteroatoms. The number of aromatic nitrogens is 1. The van der Waals surface area contributed by atoms with Crippen molar-refractivity contribution in [2.24, 2.45) is 16.5 Å². The molecule has 1 saturated heterocycles. The van der Waals surface area contributed by atoms with Gasteiger partial charge in [0.2, 0.25) is 27.6 Å². The molecule has 1 aliphatic heterocycles. The Bertz CT molecular complexity index is 1250. The van der Waals surface area contributed by atoms with E-state index in [0.29, 0.717) is 29.8 Å². The molecule has 3 rings (SSSR count). The first kappa shape index (κ1) is 29.5. The Hall–Kier alpha value is -3.07. The van der Waals surface area contributed by atoms with Crippen molar-refractivity contribution in [3.8, 4) is 0 Å². The number of carbonyl (C=O) groups excluding carboxylic acids is 3. The van der Waals surface area contributed by atoms with E-state index in [9.17, 15) is 22.8 Å². The van der Waals surface area contributed by atoms with Crippen LogP contribution in [0.3, 0.4) is 0 Å². The third kappa shape index (κ3) is 9.04. The number of carbonyl (C=O) groups is 3. The average molecular weight is 584 g/mol. The Morgan fingerprint density at radius 3 is 2.66 bits per heavy atom. The van der Waals surface area contributed by atoms with Crippen LogP contribution in [0.1, 0.15) is 41.0 Å². The van der Waals surface area contributed by atoms with Crippen molar-refractivity contribution in [2.45, 2.75) is 43.5 Å². The molecule has 6 N–H and O–H groups in total. The highest BCUT2D eigenvalue weighted by Crippen LogP contribution is 2.16. The second kappa shape index (κ2) is 13.6. The van der Waals surface area contributed by atoms with Gasteiger partial charge in [-0.3, -0.25) is 19.4 Å². The Kier molecular flexibility index (Phi) is 10.6. The van der Waals surface area contributed by atoms with Crippen LogP contribution >= 0.6 is 22.9 Å². The first-order chi connectivity index (χ1) is 18.0. The minimum absolute atomic E-state index is 0.0706. The topological polar surface area (TPSA) is 190 Å². The Balaban J connectivity index is 1.59. The number of Topliss-reactive ketones (excluding diaryl/α,β-unsaturated/α-hetero) is 1. The number of guanidine groups is 1. The number of nitrogens with zero attached hydrogens (tertiary/aromatic N) is 3. The van der Waals surface area contributed by atoms with E-state index in [-0.39, 0.29) is 48.6 Å². The summed E-state index contributed by atoms with van der Waals surface area (Å²) in [4.78, 5) is 47.9. The summed E-state index contributed by atoms with van der Waals surface area (Å²) in [5.74, 6) is -1.77. The van der Waals surface area contributed by atoms with E-state index in [1.165, 1.54) is 11.1 Å². The van der Waals surface area contributed by atoms with Crippen LogP contribution in [0.2, 0.25) is 5.02 Å². The van der Waals surface area contributed by atoms with Gasteiger partial charge in [-0.05, 0) is 43.4 Å². The zero-order valence-electron chi connectivity index (χ0n) is 20.5. The third-order valence-corrected chi connectivity index (χ3v) is 8.09. The number of benzene rings is 1. The van der Waals surface area contributed by atoms with E-state index < -0.39 is 33.9 Å². The number of thiazole rings is 1. The SMILES string of the molecule is NC(N)=NCCC[C@H](NC(=O)CN1CCCC(NS(=O)(=O)Cc2ccc(Cl)cc2)C1=O)C(=O)c1nccs1. The molecule has 1 aromatic heterocycles. The number of aliphatic imine (C=N–C) groups is 1. The monoisotopic (exact) mass is 583 g/mol. The Labute approximate surface area is 229 Å². The fourth-order valence-electron chi connectivity index (χ4n) is 3.94. The van der Waals surface area contributed by atoms with Crippen molar-refractivity contribution in [1.29, 1.82) is 0 Å². The molecule has 0 aliphatic carbocycles. The van der Waals surface area contributed by atoms with Gasteiger partial charge in [-0.2, -0.15) is 0 Å². The summed E-state index contributed by atoms with van der Waals surface area (Å²) in [5, 5.41) is 5.08. The molecule has 0 spiro atoms. The van der Waals surface area contributed by atoms with Crippen LogP contribution in [-0.4, -0.2) is 73.6 Å². The lowest BCUT2D eigenvalue weighted by molar-refractivity contribution is -0.139. The summed E-state index contributed by atoms with van der Waals surface area (Å²) in [6.07, 6.45) is 3.01. The largest absolute Gasteiger partial charge is 0.370 e. The summed E-state index contributed by atoms with van der Waals surface area (Å²) >= 11 is 7.01. The zero-order valence-corrected chi connectivity index (χ0v) is 22.9. The molecule has 12 nitrogen and oxygen atoms in total. The number of hydrogen-bond acceptors (Lipinski definition) is 8. The maximum atomic E-state index is 13.0. The first-order valence-corrected chi connectivity index (χ1v) is 14.8. The van der Waals surface area contributed by atoms with Crippen LogP contribution in [0.4, 0.5) is 0 Å². The highest BCUT2D eigenvalue weighted by atomic mass is 35.5. The normalized spacial score (nSPS) is 16.6. The number of likely N-dealkylation sites (tertiary alicyclic amines) is 1. The number of hydrogen-bond donors (Lipinski definition) is 4. The lowest BCUT2D eigenvalue weighted by atomic mass is 10.1. The summed E-state index contributed by atoms with van der Waals surface area (Å²) in [5.41, 5.74) is 11.2. The van der Waals surface area contributed by atoms with Crippen LogP contribution < -0.4 is 21.5 Å². The van der Waals surface area contributed by atoms with Crippen molar-refractivity contribution in [3.63, 3.8) is 0 Å². The van der Waals surface area contributed by atoms with Gasteiger partial charge in [0, 0.05) is 29.7 Å². The molecule has 1 aromatic carbocycles. The van der Waals surface area contributed by atoms with Crippen LogP contribution in [0.5, 0.6) is 0 Å². The van der Waals surface area contributed by atoms with Gasteiger partial charge < -0.3 is 21.7 Å². The number of rotatable bonds is 13. The quantitative estimate of drug-likeness (QED) is 0.114. The Morgan fingerprint density at radius 1 is 1.26 bits per heavy atom. The number of nitrogens with two attached hydrogens (primary N) is 2. The first-order valence-electron chi connectivity index (χ1n) is 11.9. The molecule has 0 saturated carbocycles. The van der Waals surface area contributed by atoms with E-state index >= 15 is 0 Å². The molecule has 2 atom stereocenters. The molecule has 1 aliphatic rings. The second-order valence-corrected chi connectivity index (χ2v) is 11.8. The number of piperidine rings is 1. The molecule has 38 heavy (non-hydrogen) atoms. The van der Waals surface area contributed by atoms with Crippen molar-refractivity contribution in [2.75, 3.05) is 19.6 Å². The molecular weight excluding hydrogens is 554 g/mol. The maximum Gasteiger partial charge on any atom is 0.241 e.